The Morgan fingerprint density at radius 1 is 1.29 bits per heavy atom. The van der Waals surface area contributed by atoms with Gasteiger partial charge in [0.15, 0.2) is 5.92 Å². The highest BCUT2D eigenvalue weighted by Crippen LogP contribution is 2.10. The van der Waals surface area contributed by atoms with Crippen LogP contribution in [0.1, 0.15) is 26.2 Å². The van der Waals surface area contributed by atoms with Crippen LogP contribution in [0.3, 0.4) is 0 Å². The Labute approximate surface area is 125 Å². The van der Waals surface area contributed by atoms with Gasteiger partial charge < -0.3 is 4.90 Å². The molecule has 1 heterocycles. The van der Waals surface area contributed by atoms with Gasteiger partial charge in [0.25, 0.3) is 0 Å². The second-order valence-corrected chi connectivity index (χ2v) is 5.48. The summed E-state index contributed by atoms with van der Waals surface area (Å²) in [4.78, 5) is 42.1. The Balaban J connectivity index is 2.58. The molecule has 1 aliphatic heterocycles. The summed E-state index contributed by atoms with van der Waals surface area (Å²) in [6.07, 6.45) is 3.85. The molecule has 0 spiro atoms. The Morgan fingerprint density at radius 3 is 2.62 bits per heavy atom. The molecule has 0 aromatic carbocycles. The summed E-state index contributed by atoms with van der Waals surface area (Å²) in [6.45, 7) is 3.86. The molecule has 21 heavy (non-hydrogen) atoms. The monoisotopic (exact) mass is 297 g/mol. The van der Waals surface area contributed by atoms with Crippen LogP contribution in [-0.2, 0) is 9.59 Å². The lowest BCUT2D eigenvalue weighted by molar-refractivity contribution is -0.858. The summed E-state index contributed by atoms with van der Waals surface area (Å²) >= 11 is 0. The number of imide groups is 2. The van der Waals surface area contributed by atoms with E-state index in [2.05, 4.69) is 24.4 Å². The largest absolute Gasteiger partial charge is 0.340 e. The lowest BCUT2D eigenvalue weighted by Crippen LogP contribution is -3.05. The summed E-state index contributed by atoms with van der Waals surface area (Å²) in [7, 11) is 4.11. The van der Waals surface area contributed by atoms with E-state index in [0.717, 1.165) is 30.7 Å². The van der Waals surface area contributed by atoms with Gasteiger partial charge in [-0.2, -0.15) is 0 Å². The average molecular weight is 297 g/mol. The number of hydrogen-bond donors (Lipinski definition) is 2. The highest BCUT2D eigenvalue weighted by atomic mass is 16.2. The van der Waals surface area contributed by atoms with Gasteiger partial charge in [-0.05, 0) is 6.42 Å². The first-order valence-electron chi connectivity index (χ1n) is 7.42. The zero-order valence-electron chi connectivity index (χ0n) is 13.0. The maximum atomic E-state index is 12.2. The number of rotatable bonds is 8. The van der Waals surface area contributed by atoms with Crippen LogP contribution in [-0.4, -0.2) is 62.7 Å². The fourth-order valence-electron chi connectivity index (χ4n) is 1.99. The second kappa shape index (κ2) is 8.51. The van der Waals surface area contributed by atoms with Crippen molar-refractivity contribution in [2.75, 3.05) is 33.7 Å². The van der Waals surface area contributed by atoms with E-state index in [1.165, 1.54) is 11.1 Å². The molecule has 7 nitrogen and oxygen atoms in total. The first kappa shape index (κ1) is 17.3. The highest BCUT2D eigenvalue weighted by molar-refractivity contribution is 6.23. The first-order chi connectivity index (χ1) is 9.97. The van der Waals surface area contributed by atoms with Gasteiger partial charge in [-0.25, -0.2) is 4.79 Å². The maximum absolute atomic E-state index is 12.2. The molecule has 0 aromatic heterocycles. The predicted molar refractivity (Wildman–Crippen MR) is 79.3 cm³/mol. The Morgan fingerprint density at radius 2 is 2.00 bits per heavy atom. The highest BCUT2D eigenvalue weighted by Gasteiger charge is 2.38. The number of carbonyl (C=O) groups is 3. The van der Waals surface area contributed by atoms with Crippen molar-refractivity contribution in [1.29, 1.82) is 0 Å². The molecule has 1 fully saturated rings. The summed E-state index contributed by atoms with van der Waals surface area (Å²) in [6, 6.07) is -0.626. The summed E-state index contributed by atoms with van der Waals surface area (Å²) in [5.74, 6) is -2.04. The molecular weight excluding hydrogens is 272 g/mol. The van der Waals surface area contributed by atoms with Crippen molar-refractivity contribution in [3.63, 3.8) is 0 Å². The minimum Gasteiger partial charge on any atom is -0.340 e. The number of urea groups is 1. The van der Waals surface area contributed by atoms with E-state index < -0.39 is 23.8 Å². The van der Waals surface area contributed by atoms with E-state index >= 15 is 0 Å². The minimum atomic E-state index is -0.980. The standard InChI is InChI=1S/C14H24N4O3/c1-4-5-9-18-13(20)11(12(19)16-14(18)21)10-15-7-6-8-17(2)3/h10-11H,4-9H2,1-3H3,(H,16,19,21)/p+1/t11-/m1/s1. The number of amides is 4. The Bertz CT molecular complexity index is 420. The maximum Gasteiger partial charge on any atom is 0.330 e. The molecule has 0 unspecified atom stereocenters. The number of unbranched alkanes of at least 4 members (excludes halogenated alkanes) is 1. The quantitative estimate of drug-likeness (QED) is 0.345. The number of aliphatic imine (C=N–C) groups is 1. The summed E-state index contributed by atoms with van der Waals surface area (Å²) in [5.41, 5.74) is 0. The van der Waals surface area contributed by atoms with Crippen LogP contribution in [0.15, 0.2) is 4.99 Å². The van der Waals surface area contributed by atoms with Gasteiger partial charge in [-0.15, -0.1) is 0 Å². The van der Waals surface area contributed by atoms with Gasteiger partial charge in [0.1, 0.15) is 0 Å². The van der Waals surface area contributed by atoms with E-state index in [0.29, 0.717) is 13.1 Å². The van der Waals surface area contributed by atoms with E-state index in [-0.39, 0.29) is 0 Å². The molecule has 1 atom stereocenters. The fourth-order valence-corrected chi connectivity index (χ4v) is 1.99. The normalized spacial score (nSPS) is 19.7. The molecular formula is C14H25N4O3+. The fraction of sp³-hybridized carbons (Fsp3) is 0.714. The van der Waals surface area contributed by atoms with Gasteiger partial charge in [-0.3, -0.25) is 24.8 Å². The van der Waals surface area contributed by atoms with Gasteiger partial charge in [0, 0.05) is 25.7 Å². The van der Waals surface area contributed by atoms with E-state index in [1.54, 1.807) is 0 Å². The molecule has 7 heteroatoms. The van der Waals surface area contributed by atoms with Gasteiger partial charge in [0.05, 0.1) is 20.6 Å². The van der Waals surface area contributed by atoms with Crippen LogP contribution in [0.5, 0.6) is 0 Å². The summed E-state index contributed by atoms with van der Waals surface area (Å²) in [5, 5.41) is 2.21. The number of carbonyl (C=O) groups excluding carboxylic acids is 3. The van der Waals surface area contributed by atoms with Crippen molar-refractivity contribution in [2.24, 2.45) is 10.9 Å². The van der Waals surface area contributed by atoms with Crippen molar-refractivity contribution in [2.45, 2.75) is 26.2 Å². The minimum absolute atomic E-state index is 0.336. The third-order valence-corrected chi connectivity index (χ3v) is 3.24. The lowest BCUT2D eigenvalue weighted by Gasteiger charge is -2.28. The van der Waals surface area contributed by atoms with Gasteiger partial charge in [-0.1, -0.05) is 13.3 Å². The number of nitrogens with zero attached hydrogens (tertiary/aromatic N) is 2. The number of quaternary nitrogens is 1. The topological polar surface area (TPSA) is 83.3 Å². The van der Waals surface area contributed by atoms with Crippen molar-refractivity contribution in [1.82, 2.24) is 10.2 Å². The third-order valence-electron chi connectivity index (χ3n) is 3.24. The molecule has 0 radical (unpaired) electrons. The van der Waals surface area contributed by atoms with Gasteiger partial charge >= 0.3 is 6.03 Å². The smallest absolute Gasteiger partial charge is 0.330 e. The Hall–Kier alpha value is -1.76. The average Bonchev–Trinajstić information content (AvgIpc) is 2.41. The van der Waals surface area contributed by atoms with E-state index in [4.69, 9.17) is 0 Å². The van der Waals surface area contributed by atoms with Crippen LogP contribution in [0, 0.1) is 5.92 Å². The van der Waals surface area contributed by atoms with Crippen LogP contribution >= 0.6 is 0 Å². The van der Waals surface area contributed by atoms with Gasteiger partial charge in [0.2, 0.25) is 11.8 Å². The second-order valence-electron chi connectivity index (χ2n) is 5.48. The molecule has 0 bridgehead atoms. The SMILES string of the molecule is CCCCN1C(=O)NC(=O)[C@@H](C=NCCC[NH+](C)C)C1=O. The molecule has 2 N–H and O–H groups in total. The zero-order chi connectivity index (χ0) is 15.8. The van der Waals surface area contributed by atoms with Crippen molar-refractivity contribution in [3.05, 3.63) is 0 Å². The van der Waals surface area contributed by atoms with Crippen LogP contribution in [0.4, 0.5) is 4.79 Å². The molecule has 1 aliphatic rings. The van der Waals surface area contributed by atoms with Crippen LogP contribution < -0.4 is 10.2 Å². The van der Waals surface area contributed by atoms with E-state index in [9.17, 15) is 14.4 Å². The third kappa shape index (κ3) is 5.26. The molecule has 1 saturated heterocycles. The lowest BCUT2D eigenvalue weighted by atomic mass is 10.1. The molecule has 118 valence electrons. The zero-order valence-corrected chi connectivity index (χ0v) is 13.0. The molecule has 4 amide bonds. The molecule has 0 saturated carbocycles. The number of nitrogens with one attached hydrogen (secondary N) is 2. The van der Waals surface area contributed by atoms with Crippen LogP contribution in [0.25, 0.3) is 0 Å². The van der Waals surface area contributed by atoms with Crippen molar-refractivity contribution in [3.8, 4) is 0 Å². The predicted octanol–water partition coefficient (Wildman–Crippen LogP) is -0.913. The first-order valence-corrected chi connectivity index (χ1v) is 7.42. The van der Waals surface area contributed by atoms with Crippen molar-refractivity contribution < 1.29 is 19.3 Å². The van der Waals surface area contributed by atoms with E-state index in [1.807, 2.05) is 6.92 Å². The molecule has 0 aliphatic carbocycles. The number of hydrogen-bond acceptors (Lipinski definition) is 4. The van der Waals surface area contributed by atoms with Crippen LogP contribution in [0.2, 0.25) is 0 Å². The molecule has 1 rings (SSSR count). The van der Waals surface area contributed by atoms with Crippen molar-refractivity contribution >= 4 is 24.1 Å². The number of barbiturate groups is 1. The molecule has 0 aromatic rings. The Kier molecular flexibility index (Phi) is 7.01. The summed E-state index contributed by atoms with van der Waals surface area (Å²) < 4.78 is 0.